The standard InChI is InChI=1S/C7H5BrO4S/c8-5-2-1-4(7(9)10)3-6(5)13(11)12/h1-3,13H,(H,9,10). The van der Waals surface area contributed by atoms with E-state index in [1.807, 2.05) is 0 Å². The second-order valence-corrected chi connectivity index (χ2v) is 4.08. The first kappa shape index (κ1) is 10.2. The summed E-state index contributed by atoms with van der Waals surface area (Å²) in [7, 11) is -2.77. The maximum Gasteiger partial charge on any atom is 0.335 e. The first-order valence-corrected chi connectivity index (χ1v) is 5.16. The Bertz CT molecular complexity index is 417. The van der Waals surface area contributed by atoms with E-state index in [0.717, 1.165) is 6.07 Å². The number of thiol groups is 1. The van der Waals surface area contributed by atoms with Crippen molar-refractivity contribution < 1.29 is 18.3 Å². The molecule has 0 aromatic heterocycles. The minimum Gasteiger partial charge on any atom is -0.478 e. The Balaban J connectivity index is 3.35. The van der Waals surface area contributed by atoms with E-state index in [4.69, 9.17) is 5.11 Å². The highest BCUT2D eigenvalue weighted by atomic mass is 79.9. The smallest absolute Gasteiger partial charge is 0.335 e. The zero-order valence-electron chi connectivity index (χ0n) is 6.23. The molecule has 13 heavy (non-hydrogen) atoms. The largest absolute Gasteiger partial charge is 0.478 e. The molecule has 0 saturated carbocycles. The number of benzene rings is 1. The van der Waals surface area contributed by atoms with Crippen LogP contribution < -0.4 is 0 Å². The monoisotopic (exact) mass is 264 g/mol. The quantitative estimate of drug-likeness (QED) is 0.786. The van der Waals surface area contributed by atoms with Crippen LogP contribution in [0.4, 0.5) is 0 Å². The summed E-state index contributed by atoms with van der Waals surface area (Å²) in [5.74, 6) is -1.15. The summed E-state index contributed by atoms with van der Waals surface area (Å²) in [6.45, 7) is 0. The Morgan fingerprint density at radius 1 is 1.38 bits per heavy atom. The Hall–Kier alpha value is -0.880. The molecule has 0 bridgehead atoms. The van der Waals surface area contributed by atoms with Crippen molar-refractivity contribution in [3.05, 3.63) is 28.2 Å². The number of aromatic carboxylic acids is 1. The number of carbonyl (C=O) groups is 1. The first-order valence-electron chi connectivity index (χ1n) is 3.19. The van der Waals surface area contributed by atoms with E-state index in [2.05, 4.69) is 15.9 Å². The number of rotatable bonds is 2. The third-order valence-corrected chi connectivity index (χ3v) is 3.15. The predicted molar refractivity (Wildman–Crippen MR) is 49.7 cm³/mol. The van der Waals surface area contributed by atoms with Crippen LogP contribution in [0.25, 0.3) is 0 Å². The van der Waals surface area contributed by atoms with Gasteiger partial charge in [0.1, 0.15) is 0 Å². The summed E-state index contributed by atoms with van der Waals surface area (Å²) >= 11 is 3.00. The van der Waals surface area contributed by atoms with Crippen LogP contribution >= 0.6 is 15.9 Å². The van der Waals surface area contributed by atoms with Gasteiger partial charge in [0.2, 0.25) is 0 Å². The molecule has 0 aliphatic heterocycles. The number of hydrogen-bond acceptors (Lipinski definition) is 3. The van der Waals surface area contributed by atoms with Crippen LogP contribution in [0.15, 0.2) is 27.6 Å². The molecule has 0 heterocycles. The molecule has 1 rings (SSSR count). The third kappa shape index (κ3) is 2.28. The van der Waals surface area contributed by atoms with E-state index in [9.17, 15) is 13.2 Å². The van der Waals surface area contributed by atoms with Crippen LogP contribution in [0.2, 0.25) is 0 Å². The third-order valence-electron chi connectivity index (χ3n) is 1.39. The molecular weight excluding hydrogens is 260 g/mol. The summed E-state index contributed by atoms with van der Waals surface area (Å²) < 4.78 is 21.6. The van der Waals surface area contributed by atoms with Crippen molar-refractivity contribution in [2.75, 3.05) is 0 Å². The molecule has 0 atom stereocenters. The average molecular weight is 265 g/mol. The molecule has 0 fully saturated rings. The highest BCUT2D eigenvalue weighted by Crippen LogP contribution is 2.19. The van der Waals surface area contributed by atoms with Crippen molar-refractivity contribution in [2.24, 2.45) is 0 Å². The zero-order chi connectivity index (χ0) is 10.0. The van der Waals surface area contributed by atoms with Crippen LogP contribution in [0.5, 0.6) is 0 Å². The lowest BCUT2D eigenvalue weighted by molar-refractivity contribution is 0.0696. The van der Waals surface area contributed by atoms with Gasteiger partial charge in [-0.3, -0.25) is 0 Å². The van der Waals surface area contributed by atoms with Crippen LogP contribution in [0.3, 0.4) is 0 Å². The van der Waals surface area contributed by atoms with E-state index in [0.29, 0.717) is 4.47 Å². The van der Waals surface area contributed by atoms with Gasteiger partial charge in [-0.05, 0) is 34.1 Å². The minimum absolute atomic E-state index is 0.0186. The molecule has 1 aromatic carbocycles. The highest BCUT2D eigenvalue weighted by molar-refractivity contribution is 9.10. The Morgan fingerprint density at radius 2 is 2.00 bits per heavy atom. The van der Waals surface area contributed by atoms with Gasteiger partial charge in [-0.2, -0.15) is 0 Å². The molecule has 0 radical (unpaired) electrons. The van der Waals surface area contributed by atoms with Gasteiger partial charge in [-0.1, -0.05) is 0 Å². The van der Waals surface area contributed by atoms with Crippen molar-refractivity contribution in [3.63, 3.8) is 0 Å². The molecule has 6 heteroatoms. The average Bonchev–Trinajstić information content (AvgIpc) is 2.04. The van der Waals surface area contributed by atoms with Crippen LogP contribution in [0.1, 0.15) is 10.4 Å². The fourth-order valence-corrected chi connectivity index (χ4v) is 1.96. The van der Waals surface area contributed by atoms with Crippen molar-refractivity contribution in [1.82, 2.24) is 0 Å². The number of carboxylic acid groups (broad SMARTS) is 1. The summed E-state index contributed by atoms with van der Waals surface area (Å²) in [6.07, 6.45) is 0. The molecule has 0 spiro atoms. The molecule has 0 unspecified atom stereocenters. The van der Waals surface area contributed by atoms with Gasteiger partial charge in [0.15, 0.2) is 10.7 Å². The molecule has 1 N–H and O–H groups in total. The molecule has 70 valence electrons. The highest BCUT2D eigenvalue weighted by Gasteiger charge is 2.07. The van der Waals surface area contributed by atoms with Gasteiger partial charge >= 0.3 is 5.97 Å². The van der Waals surface area contributed by atoms with E-state index >= 15 is 0 Å². The fraction of sp³-hybridized carbons (Fsp3) is 0. The van der Waals surface area contributed by atoms with Crippen molar-refractivity contribution >= 4 is 32.6 Å². The zero-order valence-corrected chi connectivity index (χ0v) is 8.71. The Morgan fingerprint density at radius 3 is 2.46 bits per heavy atom. The van der Waals surface area contributed by atoms with E-state index in [1.165, 1.54) is 12.1 Å². The topological polar surface area (TPSA) is 71.4 Å². The summed E-state index contributed by atoms with van der Waals surface area (Å²) in [5, 5.41) is 8.57. The van der Waals surface area contributed by atoms with Gasteiger partial charge in [0, 0.05) is 4.47 Å². The number of carboxylic acids is 1. The minimum atomic E-state index is -2.77. The van der Waals surface area contributed by atoms with Crippen molar-refractivity contribution in [2.45, 2.75) is 4.90 Å². The fourth-order valence-electron chi connectivity index (χ4n) is 0.786. The molecule has 4 nitrogen and oxygen atoms in total. The second kappa shape index (κ2) is 3.89. The Labute approximate surface area is 84.3 Å². The maximum absolute atomic E-state index is 10.6. The molecule has 1 aromatic rings. The van der Waals surface area contributed by atoms with Crippen LogP contribution in [-0.4, -0.2) is 19.5 Å². The maximum atomic E-state index is 10.6. The Kier molecular flexibility index (Phi) is 3.05. The van der Waals surface area contributed by atoms with E-state index in [1.54, 1.807) is 0 Å². The molecular formula is C7H5BrO4S. The first-order chi connectivity index (χ1) is 6.02. The van der Waals surface area contributed by atoms with Gasteiger partial charge in [-0.25, -0.2) is 13.2 Å². The van der Waals surface area contributed by atoms with Gasteiger partial charge in [0.25, 0.3) is 0 Å². The van der Waals surface area contributed by atoms with Gasteiger partial charge in [0.05, 0.1) is 10.5 Å². The van der Waals surface area contributed by atoms with Crippen LogP contribution in [0, 0.1) is 0 Å². The summed E-state index contributed by atoms with van der Waals surface area (Å²) in [6, 6.07) is 3.83. The summed E-state index contributed by atoms with van der Waals surface area (Å²) in [5.41, 5.74) is -0.0441. The lowest BCUT2D eigenvalue weighted by Gasteiger charge is -1.97. The molecule has 0 aliphatic carbocycles. The lowest BCUT2D eigenvalue weighted by Crippen LogP contribution is -1.97. The predicted octanol–water partition coefficient (Wildman–Crippen LogP) is 1.12. The van der Waals surface area contributed by atoms with Gasteiger partial charge in [-0.15, -0.1) is 0 Å². The van der Waals surface area contributed by atoms with Crippen molar-refractivity contribution in [3.8, 4) is 0 Å². The van der Waals surface area contributed by atoms with E-state index < -0.39 is 16.7 Å². The number of hydrogen-bond donors (Lipinski definition) is 2. The SMILES string of the molecule is O=C(O)c1ccc(Br)c([SH](=O)=O)c1. The summed E-state index contributed by atoms with van der Waals surface area (Å²) in [4.78, 5) is 10.5. The molecule has 0 aliphatic rings. The van der Waals surface area contributed by atoms with E-state index in [-0.39, 0.29) is 10.5 Å². The second-order valence-electron chi connectivity index (χ2n) is 2.23. The normalized spacial score (nSPS) is 10.3. The number of halogens is 1. The van der Waals surface area contributed by atoms with Crippen molar-refractivity contribution in [1.29, 1.82) is 0 Å². The van der Waals surface area contributed by atoms with Gasteiger partial charge < -0.3 is 5.11 Å². The molecule has 0 saturated heterocycles. The van der Waals surface area contributed by atoms with Crippen LogP contribution in [-0.2, 0) is 10.7 Å². The molecule has 0 amide bonds. The lowest BCUT2D eigenvalue weighted by atomic mass is 10.2.